The molecule has 12 rings (SSSR count). The summed E-state index contributed by atoms with van der Waals surface area (Å²) in [5, 5.41) is 1.26. The molecule has 4 bridgehead atoms. The minimum absolute atomic E-state index is 0.628. The third kappa shape index (κ3) is 8.04. The number of hydrogen-bond acceptors (Lipinski definition) is 6. The Kier molecular flexibility index (Phi) is 11.8. The standard InChI is InChI=1S/C52H46Cl2N4O4/c1-59-43-25-23-35(29-45(43)61-3)47-49(37-15-5-7-17-41(37)53)57-51(55-47)39-27-31-11-9-12-32-20-22-34(14-10-13-33(39)21-19-31)40(28-32)52-56-48(36-24-26-44(60-2)46(30-36)62-4)50(58-52)38-16-6-8-18-42(38)54/h5-8,15-30H,9-14H2,1-4H3,(H,55,57)(H,56,58). The van der Waals surface area contributed by atoms with Gasteiger partial charge in [-0.1, -0.05) is 83.9 Å². The van der Waals surface area contributed by atoms with Crippen LogP contribution in [0, 0.1) is 0 Å². The monoisotopic (exact) mass is 860 g/mol. The maximum atomic E-state index is 6.85. The molecule has 0 aliphatic heterocycles. The zero-order valence-electron chi connectivity index (χ0n) is 35.1. The van der Waals surface area contributed by atoms with Gasteiger partial charge in [0.25, 0.3) is 0 Å². The van der Waals surface area contributed by atoms with Crippen molar-refractivity contribution >= 4 is 23.2 Å². The van der Waals surface area contributed by atoms with Crippen molar-refractivity contribution in [3.05, 3.63) is 154 Å². The molecule has 0 amide bonds. The van der Waals surface area contributed by atoms with Gasteiger partial charge in [0.1, 0.15) is 11.6 Å². The molecule has 62 heavy (non-hydrogen) atoms. The maximum absolute atomic E-state index is 6.85. The molecule has 8 nitrogen and oxygen atoms in total. The van der Waals surface area contributed by atoms with E-state index in [1.54, 1.807) is 28.4 Å². The fourth-order valence-electron chi connectivity index (χ4n) is 8.50. The van der Waals surface area contributed by atoms with Gasteiger partial charge in [-0.05, 0) is 121 Å². The molecular weight excluding hydrogens is 816 g/mol. The van der Waals surface area contributed by atoms with E-state index in [-0.39, 0.29) is 0 Å². The van der Waals surface area contributed by atoms with Crippen LogP contribution in [-0.2, 0) is 25.7 Å². The van der Waals surface area contributed by atoms with Crippen molar-refractivity contribution in [3.63, 3.8) is 0 Å². The highest BCUT2D eigenvalue weighted by Crippen LogP contribution is 2.42. The minimum atomic E-state index is 0.628. The van der Waals surface area contributed by atoms with E-state index in [0.29, 0.717) is 33.0 Å². The van der Waals surface area contributed by atoms with Crippen LogP contribution in [0.4, 0.5) is 0 Å². The number of H-pyrrole nitrogens is 2. The molecule has 4 aliphatic carbocycles. The lowest BCUT2D eigenvalue weighted by Gasteiger charge is -2.15. The first-order valence-electron chi connectivity index (χ1n) is 20.7. The number of benzene rings is 6. The number of imidazole rings is 2. The van der Waals surface area contributed by atoms with Gasteiger partial charge in [-0.2, -0.15) is 0 Å². The van der Waals surface area contributed by atoms with Crippen LogP contribution in [0.3, 0.4) is 0 Å². The van der Waals surface area contributed by atoms with Crippen LogP contribution in [0.25, 0.3) is 67.8 Å². The first kappa shape index (κ1) is 40.9. The summed E-state index contributed by atoms with van der Waals surface area (Å²) >= 11 is 13.7. The molecule has 0 saturated carbocycles. The molecule has 0 radical (unpaired) electrons. The topological polar surface area (TPSA) is 94.3 Å². The number of nitrogens with zero attached hydrogens (tertiary/aromatic N) is 2. The number of methoxy groups -OCH3 is 4. The van der Waals surface area contributed by atoms with Crippen molar-refractivity contribution in [3.8, 4) is 90.8 Å². The van der Waals surface area contributed by atoms with E-state index < -0.39 is 0 Å². The SMILES string of the molecule is COc1ccc(-c2[nH]c(-c3cc4ccc3CCCc3ccc(cc3-c3nc(-c5ccccc5Cl)c(-c5ccc(OC)c(OC)c5)[nH]3)CCC4)nc2-c2ccccc2Cl)cc1OC. The van der Waals surface area contributed by atoms with Gasteiger partial charge in [-0.15, -0.1) is 0 Å². The van der Waals surface area contributed by atoms with Gasteiger partial charge in [0, 0.05) is 33.4 Å². The minimum Gasteiger partial charge on any atom is -0.493 e. The van der Waals surface area contributed by atoms with E-state index in [1.165, 1.54) is 22.3 Å². The fourth-order valence-corrected chi connectivity index (χ4v) is 8.95. The van der Waals surface area contributed by atoms with Crippen LogP contribution >= 0.6 is 23.2 Å². The summed E-state index contributed by atoms with van der Waals surface area (Å²) in [6, 6.07) is 41.2. The van der Waals surface area contributed by atoms with Crippen LogP contribution in [0.5, 0.6) is 23.0 Å². The van der Waals surface area contributed by atoms with Crippen LogP contribution < -0.4 is 18.9 Å². The molecule has 0 atom stereocenters. The highest BCUT2D eigenvalue weighted by molar-refractivity contribution is 6.33. The quantitative estimate of drug-likeness (QED) is 0.142. The smallest absolute Gasteiger partial charge is 0.161 e. The summed E-state index contributed by atoms with van der Waals surface area (Å²) in [6.07, 6.45) is 5.37. The van der Waals surface area contributed by atoms with Gasteiger partial charge in [0.15, 0.2) is 23.0 Å². The molecule has 0 unspecified atom stereocenters. The largest absolute Gasteiger partial charge is 0.493 e. The van der Waals surface area contributed by atoms with E-state index in [4.69, 9.17) is 52.1 Å². The fraction of sp³-hybridized carbons (Fsp3) is 0.192. The van der Waals surface area contributed by atoms with Crippen molar-refractivity contribution in [1.82, 2.24) is 19.9 Å². The molecule has 2 N–H and O–H groups in total. The zero-order chi connectivity index (χ0) is 42.7. The van der Waals surface area contributed by atoms with Gasteiger partial charge >= 0.3 is 0 Å². The van der Waals surface area contributed by atoms with Gasteiger partial charge in [-0.3, -0.25) is 0 Å². The Balaban J connectivity index is 1.10. The Hall–Kier alpha value is -6.48. The zero-order valence-corrected chi connectivity index (χ0v) is 36.6. The summed E-state index contributed by atoms with van der Waals surface area (Å²) in [5.41, 5.74) is 13.9. The molecule has 0 saturated heterocycles. The highest BCUT2D eigenvalue weighted by atomic mass is 35.5. The third-order valence-electron chi connectivity index (χ3n) is 11.7. The number of aromatic nitrogens is 4. The van der Waals surface area contributed by atoms with Crippen LogP contribution in [0.2, 0.25) is 10.0 Å². The lowest BCUT2D eigenvalue weighted by atomic mass is 9.92. The number of halogens is 2. The molecule has 4 aliphatic rings. The number of hydrogen-bond donors (Lipinski definition) is 2. The molecule has 312 valence electrons. The number of aromatic amines is 2. The second-order valence-corrected chi connectivity index (χ2v) is 16.2. The van der Waals surface area contributed by atoms with Gasteiger partial charge in [-0.25, -0.2) is 9.97 Å². The van der Waals surface area contributed by atoms with Gasteiger partial charge < -0.3 is 28.9 Å². The summed E-state index contributed by atoms with van der Waals surface area (Å²) in [6.45, 7) is 0. The van der Waals surface area contributed by atoms with E-state index in [2.05, 4.69) is 46.4 Å². The summed E-state index contributed by atoms with van der Waals surface area (Å²) in [7, 11) is 6.57. The van der Waals surface area contributed by atoms with Crippen LogP contribution in [0.15, 0.2) is 121 Å². The van der Waals surface area contributed by atoms with Gasteiger partial charge in [0.2, 0.25) is 0 Å². The summed E-state index contributed by atoms with van der Waals surface area (Å²) in [4.78, 5) is 18.1. The predicted octanol–water partition coefficient (Wildman–Crippen LogP) is 13.1. The molecular formula is C52H46Cl2N4O4. The number of aryl methyl sites for hydroxylation is 4. The first-order chi connectivity index (χ1) is 30.3. The Morgan fingerprint density at radius 1 is 0.435 bits per heavy atom. The number of nitrogens with one attached hydrogen (secondary N) is 2. The molecule has 0 spiro atoms. The van der Waals surface area contributed by atoms with Crippen molar-refractivity contribution in [2.24, 2.45) is 0 Å². The van der Waals surface area contributed by atoms with Crippen LogP contribution in [-0.4, -0.2) is 48.4 Å². The Morgan fingerprint density at radius 2 is 0.855 bits per heavy atom. The molecule has 0 fully saturated rings. The van der Waals surface area contributed by atoms with Gasteiger partial charge in [0.05, 0.1) is 61.3 Å². The Morgan fingerprint density at radius 3 is 1.27 bits per heavy atom. The number of ether oxygens (including phenoxy) is 4. The molecule has 10 heteroatoms. The summed E-state index contributed by atoms with van der Waals surface area (Å²) in [5.74, 6) is 4.17. The normalized spacial score (nSPS) is 12.6. The molecule has 8 aromatic rings. The van der Waals surface area contributed by atoms with E-state index in [0.717, 1.165) is 106 Å². The average molecular weight is 862 g/mol. The molecule has 6 aromatic carbocycles. The summed E-state index contributed by atoms with van der Waals surface area (Å²) < 4.78 is 22.5. The average Bonchev–Trinajstić information content (AvgIpc) is 3.95. The molecule has 2 heterocycles. The van der Waals surface area contributed by atoms with E-state index in [9.17, 15) is 0 Å². The first-order valence-corrected chi connectivity index (χ1v) is 21.5. The highest BCUT2D eigenvalue weighted by Gasteiger charge is 2.23. The third-order valence-corrected chi connectivity index (χ3v) is 12.4. The Bertz CT molecular complexity index is 2720. The molecule has 2 aromatic heterocycles. The number of rotatable bonds is 10. The predicted molar refractivity (Wildman–Crippen MR) is 250 cm³/mol. The lowest BCUT2D eigenvalue weighted by molar-refractivity contribution is 0.355. The van der Waals surface area contributed by atoms with Crippen molar-refractivity contribution < 1.29 is 18.9 Å². The van der Waals surface area contributed by atoms with E-state index >= 15 is 0 Å². The van der Waals surface area contributed by atoms with E-state index in [1.807, 2.05) is 84.9 Å². The second kappa shape index (κ2) is 17.9. The van der Waals surface area contributed by atoms with Crippen LogP contribution in [0.1, 0.15) is 35.1 Å². The lowest BCUT2D eigenvalue weighted by Crippen LogP contribution is -2.01. The second-order valence-electron chi connectivity index (χ2n) is 15.4. The van der Waals surface area contributed by atoms with Crippen molar-refractivity contribution in [2.75, 3.05) is 28.4 Å². The Labute approximate surface area is 371 Å². The van der Waals surface area contributed by atoms with Crippen molar-refractivity contribution in [2.45, 2.75) is 38.5 Å². The maximum Gasteiger partial charge on any atom is 0.161 e. The van der Waals surface area contributed by atoms with Crippen molar-refractivity contribution in [1.29, 1.82) is 0 Å².